The van der Waals surface area contributed by atoms with Crippen molar-refractivity contribution in [2.75, 3.05) is 0 Å². The predicted octanol–water partition coefficient (Wildman–Crippen LogP) is 3.01. The molecule has 4 heteroatoms. The summed E-state index contributed by atoms with van der Waals surface area (Å²) >= 11 is 3.43. The van der Waals surface area contributed by atoms with Gasteiger partial charge in [-0.3, -0.25) is 11.3 Å². The third-order valence-corrected chi connectivity index (χ3v) is 5.34. The van der Waals surface area contributed by atoms with Crippen LogP contribution >= 0.6 is 15.9 Å². The van der Waals surface area contributed by atoms with Crippen molar-refractivity contribution in [3.8, 4) is 0 Å². The minimum atomic E-state index is -0.203. The zero-order valence-corrected chi connectivity index (χ0v) is 11.8. The van der Waals surface area contributed by atoms with Crippen molar-refractivity contribution >= 4 is 15.9 Å². The largest absolute Gasteiger partial charge is 0.271 e. The van der Waals surface area contributed by atoms with Crippen LogP contribution in [0.4, 0.5) is 4.39 Å². The van der Waals surface area contributed by atoms with Crippen LogP contribution in [-0.4, -0.2) is 6.04 Å². The predicted molar refractivity (Wildman–Crippen MR) is 73.2 cm³/mol. The van der Waals surface area contributed by atoms with Crippen LogP contribution in [-0.2, 0) is 6.42 Å². The summed E-state index contributed by atoms with van der Waals surface area (Å²) < 4.78 is 13.9. The maximum Gasteiger partial charge on any atom is 0.124 e. The number of benzene rings is 1. The fourth-order valence-electron chi connectivity index (χ4n) is 3.70. The van der Waals surface area contributed by atoms with Gasteiger partial charge in [-0.15, -0.1) is 0 Å². The van der Waals surface area contributed by atoms with Crippen molar-refractivity contribution < 1.29 is 4.39 Å². The van der Waals surface area contributed by atoms with E-state index in [1.807, 2.05) is 6.07 Å². The van der Waals surface area contributed by atoms with E-state index in [-0.39, 0.29) is 5.82 Å². The minimum Gasteiger partial charge on any atom is -0.271 e. The van der Waals surface area contributed by atoms with Gasteiger partial charge in [0.15, 0.2) is 0 Å². The molecule has 3 rings (SSSR count). The molecule has 18 heavy (non-hydrogen) atoms. The molecule has 2 fully saturated rings. The third-order valence-electron chi connectivity index (χ3n) is 4.61. The molecule has 0 aliphatic heterocycles. The first-order valence-electron chi connectivity index (χ1n) is 6.60. The van der Waals surface area contributed by atoms with Crippen molar-refractivity contribution in [3.05, 3.63) is 34.1 Å². The fraction of sp³-hybridized carbons (Fsp3) is 0.571. The average molecular weight is 313 g/mol. The van der Waals surface area contributed by atoms with Crippen molar-refractivity contribution in [1.82, 2.24) is 5.43 Å². The van der Waals surface area contributed by atoms with Crippen LogP contribution < -0.4 is 11.3 Å². The SMILES string of the molecule is NNC(Cc1ccc(F)cc1Br)C1C2CCCC21. The summed E-state index contributed by atoms with van der Waals surface area (Å²) in [6.45, 7) is 0. The Morgan fingerprint density at radius 2 is 2.11 bits per heavy atom. The van der Waals surface area contributed by atoms with E-state index in [9.17, 15) is 4.39 Å². The lowest BCUT2D eigenvalue weighted by Crippen LogP contribution is -2.39. The summed E-state index contributed by atoms with van der Waals surface area (Å²) in [7, 11) is 0. The van der Waals surface area contributed by atoms with Crippen molar-refractivity contribution in [2.24, 2.45) is 23.6 Å². The van der Waals surface area contributed by atoms with E-state index in [1.165, 1.54) is 31.4 Å². The van der Waals surface area contributed by atoms with Gasteiger partial charge in [-0.2, -0.15) is 0 Å². The Bertz CT molecular complexity index is 441. The highest BCUT2D eigenvalue weighted by Crippen LogP contribution is 2.59. The van der Waals surface area contributed by atoms with E-state index in [2.05, 4.69) is 21.4 Å². The Morgan fingerprint density at radius 1 is 1.39 bits per heavy atom. The maximum absolute atomic E-state index is 13.1. The number of hydrazine groups is 1. The van der Waals surface area contributed by atoms with Gasteiger partial charge in [0.25, 0.3) is 0 Å². The Labute approximate surface area is 115 Å². The standard InChI is InChI=1S/C14H18BrFN2/c15-12-7-9(16)5-4-8(12)6-13(18-17)14-10-2-1-3-11(10)14/h4-5,7,10-11,13-14,18H,1-3,6,17H2. The van der Waals surface area contributed by atoms with Crippen molar-refractivity contribution in [1.29, 1.82) is 0 Å². The molecule has 2 saturated carbocycles. The van der Waals surface area contributed by atoms with E-state index >= 15 is 0 Å². The van der Waals surface area contributed by atoms with Crippen LogP contribution in [0.1, 0.15) is 24.8 Å². The molecular weight excluding hydrogens is 295 g/mol. The fourth-order valence-corrected chi connectivity index (χ4v) is 4.22. The number of hydrogen-bond acceptors (Lipinski definition) is 2. The zero-order chi connectivity index (χ0) is 12.7. The second-order valence-corrected chi connectivity index (χ2v) is 6.40. The smallest absolute Gasteiger partial charge is 0.124 e. The Morgan fingerprint density at radius 3 is 2.72 bits per heavy atom. The van der Waals surface area contributed by atoms with E-state index in [0.29, 0.717) is 6.04 Å². The molecule has 3 N–H and O–H groups in total. The van der Waals surface area contributed by atoms with E-state index in [4.69, 9.17) is 5.84 Å². The van der Waals surface area contributed by atoms with Gasteiger partial charge in [0.1, 0.15) is 5.82 Å². The summed E-state index contributed by atoms with van der Waals surface area (Å²) in [5, 5.41) is 0. The van der Waals surface area contributed by atoms with E-state index in [0.717, 1.165) is 34.2 Å². The number of rotatable bonds is 4. The van der Waals surface area contributed by atoms with Crippen molar-refractivity contribution in [3.63, 3.8) is 0 Å². The molecule has 3 atom stereocenters. The van der Waals surface area contributed by atoms with Gasteiger partial charge < -0.3 is 0 Å². The van der Waals surface area contributed by atoms with Gasteiger partial charge in [0.2, 0.25) is 0 Å². The molecule has 3 unspecified atom stereocenters. The zero-order valence-electron chi connectivity index (χ0n) is 10.2. The minimum absolute atomic E-state index is 0.203. The number of nitrogens with two attached hydrogens (primary N) is 1. The lowest BCUT2D eigenvalue weighted by molar-refractivity contribution is 0.409. The highest BCUT2D eigenvalue weighted by molar-refractivity contribution is 9.10. The van der Waals surface area contributed by atoms with Crippen LogP contribution in [0.15, 0.2) is 22.7 Å². The summed E-state index contributed by atoms with van der Waals surface area (Å²) in [5.74, 6) is 7.99. The summed E-state index contributed by atoms with van der Waals surface area (Å²) in [4.78, 5) is 0. The second-order valence-electron chi connectivity index (χ2n) is 5.55. The molecule has 0 heterocycles. The molecule has 0 aromatic heterocycles. The Hall–Kier alpha value is -0.450. The molecule has 2 nitrogen and oxygen atoms in total. The Balaban J connectivity index is 1.70. The van der Waals surface area contributed by atoms with E-state index < -0.39 is 0 Å². The van der Waals surface area contributed by atoms with Crippen LogP contribution in [0.5, 0.6) is 0 Å². The monoisotopic (exact) mass is 312 g/mol. The molecule has 0 bridgehead atoms. The number of fused-ring (bicyclic) bond motifs is 1. The van der Waals surface area contributed by atoms with Gasteiger partial charge in [-0.1, -0.05) is 28.4 Å². The lowest BCUT2D eigenvalue weighted by atomic mass is 9.98. The first-order valence-corrected chi connectivity index (χ1v) is 7.40. The molecule has 0 radical (unpaired) electrons. The average Bonchev–Trinajstić information content (AvgIpc) is 2.82. The summed E-state index contributed by atoms with van der Waals surface area (Å²) in [6.07, 6.45) is 4.97. The molecule has 2 aliphatic rings. The molecule has 0 spiro atoms. The van der Waals surface area contributed by atoms with Gasteiger partial charge in [-0.25, -0.2) is 4.39 Å². The van der Waals surface area contributed by atoms with Crippen LogP contribution in [0.2, 0.25) is 0 Å². The molecule has 0 saturated heterocycles. The Kier molecular flexibility index (Phi) is 3.43. The molecule has 98 valence electrons. The van der Waals surface area contributed by atoms with Gasteiger partial charge in [-0.05, 0) is 54.7 Å². The van der Waals surface area contributed by atoms with Gasteiger partial charge in [0, 0.05) is 10.5 Å². The van der Waals surface area contributed by atoms with E-state index in [1.54, 1.807) is 0 Å². The quantitative estimate of drug-likeness (QED) is 0.662. The molecule has 0 amide bonds. The first kappa shape index (κ1) is 12.6. The molecular formula is C14H18BrFN2. The van der Waals surface area contributed by atoms with Crippen LogP contribution in [0, 0.1) is 23.6 Å². The molecule has 1 aromatic carbocycles. The molecule has 2 aliphatic carbocycles. The summed E-state index contributed by atoms with van der Waals surface area (Å²) in [6, 6.07) is 5.21. The molecule has 1 aromatic rings. The van der Waals surface area contributed by atoms with Crippen LogP contribution in [0.25, 0.3) is 0 Å². The number of hydrogen-bond donors (Lipinski definition) is 2. The second kappa shape index (κ2) is 4.91. The first-order chi connectivity index (χ1) is 8.70. The highest BCUT2D eigenvalue weighted by Gasteiger charge is 2.55. The topological polar surface area (TPSA) is 38.0 Å². The normalized spacial score (nSPS) is 31.2. The lowest BCUT2D eigenvalue weighted by Gasteiger charge is -2.18. The van der Waals surface area contributed by atoms with Crippen LogP contribution in [0.3, 0.4) is 0 Å². The number of halogens is 2. The van der Waals surface area contributed by atoms with Gasteiger partial charge >= 0.3 is 0 Å². The van der Waals surface area contributed by atoms with Crippen molar-refractivity contribution in [2.45, 2.75) is 31.7 Å². The number of nitrogens with one attached hydrogen (secondary N) is 1. The van der Waals surface area contributed by atoms with Gasteiger partial charge in [0.05, 0.1) is 0 Å². The third kappa shape index (κ3) is 2.22. The maximum atomic E-state index is 13.1. The summed E-state index contributed by atoms with van der Waals surface area (Å²) in [5.41, 5.74) is 4.10. The highest BCUT2D eigenvalue weighted by atomic mass is 79.9.